The van der Waals surface area contributed by atoms with Crippen LogP contribution in [0.4, 0.5) is 0 Å². The Labute approximate surface area is 302 Å². The smallest absolute Gasteiger partial charge is 0.423 e. The Balaban J connectivity index is 1.95. The normalized spacial score (nSPS) is 17.9. The predicted octanol–water partition coefficient (Wildman–Crippen LogP) is 11.5. The van der Waals surface area contributed by atoms with E-state index in [0.29, 0.717) is 35.3 Å². The summed E-state index contributed by atoms with van der Waals surface area (Å²) in [6.45, 7) is 17.1. The van der Waals surface area contributed by atoms with Gasteiger partial charge in [0, 0.05) is 11.1 Å². The van der Waals surface area contributed by atoms with Crippen LogP contribution in [0.25, 0.3) is 0 Å². The molecule has 0 saturated heterocycles. The van der Waals surface area contributed by atoms with Crippen LogP contribution in [0.3, 0.4) is 0 Å². The van der Waals surface area contributed by atoms with Crippen LogP contribution in [0.2, 0.25) is 0 Å². The van der Waals surface area contributed by atoms with E-state index >= 15 is 0 Å². The van der Waals surface area contributed by atoms with E-state index in [1.165, 1.54) is 5.57 Å². The van der Waals surface area contributed by atoms with Crippen LogP contribution < -0.4 is 9.47 Å². The van der Waals surface area contributed by atoms with E-state index in [4.69, 9.17) is 9.47 Å². The lowest BCUT2D eigenvalue weighted by Gasteiger charge is -2.38. The highest BCUT2D eigenvalue weighted by atomic mass is 16.6. The number of ether oxygens (including phenoxy) is 2. The second-order valence-corrected chi connectivity index (χ2v) is 15.3. The fraction of sp³-hybridized carbons (Fsp3) is 0.591. The van der Waals surface area contributed by atoms with Gasteiger partial charge in [0.2, 0.25) is 0 Å². The first-order chi connectivity index (χ1) is 23.8. The number of carbonyl (C=O) groups excluding carboxylic acids is 2. The van der Waals surface area contributed by atoms with Gasteiger partial charge >= 0.3 is 11.9 Å². The Morgan fingerprint density at radius 1 is 0.820 bits per heavy atom. The van der Waals surface area contributed by atoms with Crippen molar-refractivity contribution in [2.45, 2.75) is 151 Å². The SMILES string of the molecule is CCCCCc1cc(O)c(C/C=C(\C)CCC=C(C)C)c(OC(=O)C(=O)Oc2cc(CCCCC)cc(O)c2[C@@H]2C[C@@H](C)CC[C@H]2C(C)C)c1. The molecule has 0 spiro atoms. The lowest BCUT2D eigenvalue weighted by atomic mass is 9.67. The Hall–Kier alpha value is -3.54. The maximum absolute atomic E-state index is 13.6. The first-order valence-corrected chi connectivity index (χ1v) is 19.3. The molecule has 1 fully saturated rings. The number of allylic oxidation sites excluding steroid dienone is 4. The molecule has 1 aliphatic carbocycles. The molecule has 3 rings (SSSR count). The van der Waals surface area contributed by atoms with Gasteiger partial charge in [0.05, 0.1) is 0 Å². The molecule has 0 heterocycles. The first-order valence-electron chi connectivity index (χ1n) is 19.3. The highest BCUT2D eigenvalue weighted by Crippen LogP contribution is 2.50. The molecule has 3 atom stereocenters. The number of rotatable bonds is 17. The van der Waals surface area contributed by atoms with E-state index < -0.39 is 11.9 Å². The molecule has 2 N–H and O–H groups in total. The second kappa shape index (κ2) is 20.3. The van der Waals surface area contributed by atoms with Crippen LogP contribution in [-0.4, -0.2) is 22.2 Å². The molecule has 0 amide bonds. The summed E-state index contributed by atoms with van der Waals surface area (Å²) in [5, 5.41) is 22.6. The summed E-state index contributed by atoms with van der Waals surface area (Å²) >= 11 is 0. The number of carbonyl (C=O) groups is 2. The van der Waals surface area contributed by atoms with Gasteiger partial charge in [-0.25, -0.2) is 9.59 Å². The summed E-state index contributed by atoms with van der Waals surface area (Å²) in [6, 6.07) is 7.15. The van der Waals surface area contributed by atoms with Crippen LogP contribution in [0.15, 0.2) is 47.6 Å². The van der Waals surface area contributed by atoms with Crippen molar-refractivity contribution in [2.75, 3.05) is 0 Å². The van der Waals surface area contributed by atoms with Gasteiger partial charge in [-0.1, -0.05) is 90.0 Å². The first kappa shape index (κ1) is 40.9. The molecule has 276 valence electrons. The van der Waals surface area contributed by atoms with E-state index in [2.05, 4.69) is 61.5 Å². The largest absolute Gasteiger partial charge is 0.508 e. The number of benzene rings is 2. The third-order valence-corrected chi connectivity index (χ3v) is 10.3. The highest BCUT2D eigenvalue weighted by molar-refractivity contribution is 6.31. The number of hydrogen-bond donors (Lipinski definition) is 2. The Morgan fingerprint density at radius 2 is 1.40 bits per heavy atom. The molecular formula is C44H64O6. The molecule has 50 heavy (non-hydrogen) atoms. The zero-order valence-corrected chi connectivity index (χ0v) is 32.2. The predicted molar refractivity (Wildman–Crippen MR) is 204 cm³/mol. The molecule has 0 bridgehead atoms. The third-order valence-electron chi connectivity index (χ3n) is 10.3. The molecule has 1 saturated carbocycles. The zero-order chi connectivity index (χ0) is 36.8. The summed E-state index contributed by atoms with van der Waals surface area (Å²) in [5.74, 6) is -0.558. The summed E-state index contributed by atoms with van der Waals surface area (Å²) in [6.07, 6.45) is 17.0. The average molecular weight is 689 g/mol. The Morgan fingerprint density at radius 3 is 1.98 bits per heavy atom. The highest BCUT2D eigenvalue weighted by Gasteiger charge is 2.36. The molecule has 0 aliphatic heterocycles. The van der Waals surface area contributed by atoms with Crippen molar-refractivity contribution in [2.24, 2.45) is 17.8 Å². The summed E-state index contributed by atoms with van der Waals surface area (Å²) < 4.78 is 11.7. The molecule has 0 radical (unpaired) electrons. The van der Waals surface area contributed by atoms with Crippen molar-refractivity contribution in [1.82, 2.24) is 0 Å². The van der Waals surface area contributed by atoms with Crippen LogP contribution in [0.1, 0.15) is 154 Å². The van der Waals surface area contributed by atoms with Gasteiger partial charge < -0.3 is 19.7 Å². The van der Waals surface area contributed by atoms with Gasteiger partial charge in [-0.05, 0) is 138 Å². The minimum absolute atomic E-state index is 0.00243. The van der Waals surface area contributed by atoms with E-state index in [1.54, 1.807) is 12.1 Å². The van der Waals surface area contributed by atoms with Crippen molar-refractivity contribution in [3.05, 3.63) is 69.8 Å². The number of unbranched alkanes of at least 4 members (excludes halogenated alkanes) is 4. The van der Waals surface area contributed by atoms with Crippen LogP contribution >= 0.6 is 0 Å². The number of aryl methyl sites for hydroxylation is 2. The maximum Gasteiger partial charge on any atom is 0.423 e. The van der Waals surface area contributed by atoms with Crippen molar-refractivity contribution in [3.8, 4) is 23.0 Å². The van der Waals surface area contributed by atoms with Crippen molar-refractivity contribution in [3.63, 3.8) is 0 Å². The molecule has 2 aromatic carbocycles. The quantitative estimate of drug-likeness (QED) is 0.0565. The van der Waals surface area contributed by atoms with Gasteiger partial charge in [-0.3, -0.25) is 0 Å². The summed E-state index contributed by atoms with van der Waals surface area (Å²) in [7, 11) is 0. The number of hydrogen-bond acceptors (Lipinski definition) is 6. The molecule has 0 aromatic heterocycles. The van der Waals surface area contributed by atoms with Gasteiger partial charge in [-0.15, -0.1) is 0 Å². The Kier molecular flexibility index (Phi) is 16.6. The summed E-state index contributed by atoms with van der Waals surface area (Å²) in [4.78, 5) is 27.1. The number of aromatic hydroxyl groups is 2. The van der Waals surface area contributed by atoms with E-state index in [9.17, 15) is 19.8 Å². The van der Waals surface area contributed by atoms with E-state index in [-0.39, 0.29) is 28.9 Å². The number of phenols is 2. The van der Waals surface area contributed by atoms with Gasteiger partial charge in [0.15, 0.2) is 0 Å². The number of esters is 2. The minimum atomic E-state index is -1.15. The van der Waals surface area contributed by atoms with E-state index in [0.717, 1.165) is 100 Å². The lowest BCUT2D eigenvalue weighted by molar-refractivity contribution is -0.156. The number of phenolic OH excluding ortho intramolecular Hbond substituents is 2. The monoisotopic (exact) mass is 688 g/mol. The van der Waals surface area contributed by atoms with Crippen molar-refractivity contribution >= 4 is 11.9 Å². The van der Waals surface area contributed by atoms with Crippen molar-refractivity contribution < 1.29 is 29.3 Å². The zero-order valence-electron chi connectivity index (χ0n) is 32.2. The minimum Gasteiger partial charge on any atom is -0.508 e. The molecule has 0 unspecified atom stereocenters. The van der Waals surface area contributed by atoms with Crippen LogP contribution in [0.5, 0.6) is 23.0 Å². The standard InChI is InChI=1S/C44H64O6/c1-9-11-13-18-33-25-38(45)36(23-20-31(7)17-15-16-29(3)4)40(27-33)49-43(47)44(48)50-41-28-34(19-14-12-10-2)26-39(46)42(41)37-24-32(8)21-22-35(37)30(5)6/h16,20,25-28,30,32,35,37,45-46H,9-15,17-19,21-24H2,1-8H3/b31-20+/t32-,35-,37+/m0/s1. The molecule has 6 nitrogen and oxygen atoms in total. The van der Waals surface area contributed by atoms with Crippen molar-refractivity contribution in [1.29, 1.82) is 0 Å². The average Bonchev–Trinajstić information content (AvgIpc) is 3.04. The maximum atomic E-state index is 13.6. The molecule has 1 aliphatic rings. The molecule has 2 aromatic rings. The van der Waals surface area contributed by atoms with E-state index in [1.807, 2.05) is 18.2 Å². The van der Waals surface area contributed by atoms with Gasteiger partial charge in [-0.2, -0.15) is 0 Å². The summed E-state index contributed by atoms with van der Waals surface area (Å²) in [5.41, 5.74) is 5.22. The Bertz CT molecular complexity index is 1480. The second-order valence-electron chi connectivity index (χ2n) is 15.3. The van der Waals surface area contributed by atoms with Gasteiger partial charge in [0.25, 0.3) is 0 Å². The lowest BCUT2D eigenvalue weighted by Crippen LogP contribution is -2.29. The third kappa shape index (κ3) is 12.3. The molecule has 6 heteroatoms. The van der Waals surface area contributed by atoms with Crippen LogP contribution in [0, 0.1) is 17.8 Å². The topological polar surface area (TPSA) is 93.1 Å². The molecular weight excluding hydrogens is 624 g/mol. The fourth-order valence-corrected chi connectivity index (χ4v) is 7.34. The van der Waals surface area contributed by atoms with Crippen LogP contribution in [-0.2, 0) is 28.9 Å². The van der Waals surface area contributed by atoms with Gasteiger partial charge in [0.1, 0.15) is 23.0 Å². The fourth-order valence-electron chi connectivity index (χ4n) is 7.34.